The van der Waals surface area contributed by atoms with E-state index in [0.717, 1.165) is 91.2 Å². The maximum Gasteiger partial charge on any atom is 0.478 e. The summed E-state index contributed by atoms with van der Waals surface area (Å²) < 4.78 is 42.0. The SMILES string of the molecule is CCCCCCCCCCCCC(OP(=O)(OC(CCCCCCCCCCCC)(c1ccccc1)c1ccccc1)OC(CCCCCCCCCCCC)(c1ccccc1)c1ccccc1)(c1ccccc1)c1ccccc1. The molecule has 6 aromatic rings. The lowest BCUT2D eigenvalue weighted by Crippen LogP contribution is -2.38. The topological polar surface area (TPSA) is 44.8 Å². The highest BCUT2D eigenvalue weighted by Crippen LogP contribution is 2.67. The molecule has 0 bridgehead atoms. The number of hydrogen-bond acceptors (Lipinski definition) is 4. The quantitative estimate of drug-likeness (QED) is 0.0282. The molecule has 434 valence electrons. The van der Waals surface area contributed by atoms with E-state index in [4.69, 9.17) is 13.6 Å². The molecule has 0 spiro atoms. The van der Waals surface area contributed by atoms with Gasteiger partial charge in [0.15, 0.2) is 0 Å². The molecule has 0 fully saturated rings. The summed E-state index contributed by atoms with van der Waals surface area (Å²) in [7, 11) is -4.82. The van der Waals surface area contributed by atoms with Crippen molar-refractivity contribution in [1.29, 1.82) is 0 Å². The second-order valence-corrected chi connectivity index (χ2v) is 24.6. The number of phosphoric ester groups is 1. The van der Waals surface area contributed by atoms with Gasteiger partial charge in [-0.05, 0) is 71.9 Å². The first kappa shape index (κ1) is 64.6. The maximum absolute atomic E-state index is 18.1. The maximum atomic E-state index is 18.1. The molecule has 80 heavy (non-hydrogen) atoms. The van der Waals surface area contributed by atoms with Gasteiger partial charge in [0.1, 0.15) is 16.8 Å². The van der Waals surface area contributed by atoms with Crippen LogP contribution >= 0.6 is 7.82 Å². The number of hydrogen-bond donors (Lipinski definition) is 0. The number of phosphoric acid groups is 1. The normalized spacial score (nSPS) is 12.3. The summed E-state index contributed by atoms with van der Waals surface area (Å²) in [6.45, 7) is 6.86. The van der Waals surface area contributed by atoms with E-state index in [1.54, 1.807) is 0 Å². The third kappa shape index (κ3) is 20.7. The number of rotatable bonds is 45. The third-order valence-electron chi connectivity index (χ3n) is 16.9. The van der Waals surface area contributed by atoms with Crippen molar-refractivity contribution in [1.82, 2.24) is 0 Å². The molecule has 4 nitrogen and oxygen atoms in total. The highest BCUT2D eigenvalue weighted by molar-refractivity contribution is 7.48. The van der Waals surface area contributed by atoms with Gasteiger partial charge in [-0.15, -0.1) is 0 Å². The summed E-state index contributed by atoms with van der Waals surface area (Å²) in [6, 6.07) is 63.4. The highest BCUT2D eigenvalue weighted by atomic mass is 31.2. The van der Waals surface area contributed by atoms with Crippen LogP contribution in [-0.2, 0) is 34.9 Å². The van der Waals surface area contributed by atoms with E-state index in [1.165, 1.54) is 135 Å². The summed E-state index contributed by atoms with van der Waals surface area (Å²) in [5, 5.41) is 0. The number of benzene rings is 6. The van der Waals surface area contributed by atoms with Crippen molar-refractivity contribution in [2.45, 2.75) is 249 Å². The van der Waals surface area contributed by atoms with E-state index in [2.05, 4.69) is 203 Å². The molecule has 0 heterocycles. The van der Waals surface area contributed by atoms with E-state index >= 15 is 4.57 Å². The van der Waals surface area contributed by atoms with Gasteiger partial charge in [0.25, 0.3) is 0 Å². The molecule has 6 aromatic carbocycles. The van der Waals surface area contributed by atoms with E-state index in [9.17, 15) is 0 Å². The monoisotopic (exact) mass is 1100 g/mol. The lowest BCUT2D eigenvalue weighted by molar-refractivity contribution is -0.0512. The van der Waals surface area contributed by atoms with E-state index in [0.29, 0.717) is 19.3 Å². The first-order chi connectivity index (χ1) is 39.4. The average molecular weight is 1100 g/mol. The molecule has 0 aromatic heterocycles. The molecular weight excluding hydrogens is 996 g/mol. The lowest BCUT2D eigenvalue weighted by atomic mass is 9.82. The fourth-order valence-electron chi connectivity index (χ4n) is 12.3. The van der Waals surface area contributed by atoms with E-state index in [-0.39, 0.29) is 0 Å². The van der Waals surface area contributed by atoms with Crippen LogP contribution in [0.2, 0.25) is 0 Å². The summed E-state index contributed by atoms with van der Waals surface area (Å²) in [4.78, 5) is 0. The average Bonchev–Trinajstić information content (AvgIpc) is 3.55. The standard InChI is InChI=1S/C75H105O4P/c1-4-7-10-13-16-19-22-25-28-49-64-73(67-52-37-31-38-53-67,68-54-39-32-40-55-68)77-80(76,78-74(69-56-41-33-42-57-69,70-58-43-34-44-59-70)65-50-29-26-23-20-17-14-11-8-5-2)79-75(71-60-45-35-46-61-71,72-62-47-36-48-63-72)66-51-30-27-24-21-18-15-12-9-6-3/h31-48,52-63H,4-30,49-51,64-66H2,1-3H3. The molecule has 0 unspecified atom stereocenters. The molecule has 0 aliphatic rings. The zero-order valence-corrected chi connectivity index (χ0v) is 51.1. The van der Waals surface area contributed by atoms with Gasteiger partial charge < -0.3 is 0 Å². The van der Waals surface area contributed by atoms with Gasteiger partial charge in [-0.2, -0.15) is 0 Å². The summed E-state index contributed by atoms with van der Waals surface area (Å²) >= 11 is 0. The van der Waals surface area contributed by atoms with Crippen LogP contribution in [0.15, 0.2) is 182 Å². The minimum atomic E-state index is -4.82. The van der Waals surface area contributed by atoms with Crippen LogP contribution in [-0.4, -0.2) is 0 Å². The Bertz CT molecular complexity index is 2080. The Hall–Kier alpha value is -4.57. The van der Waals surface area contributed by atoms with Crippen LogP contribution in [0.4, 0.5) is 0 Å². The second-order valence-electron chi connectivity index (χ2n) is 23.2. The van der Waals surface area contributed by atoms with Crippen molar-refractivity contribution in [2.75, 3.05) is 0 Å². The molecule has 5 heteroatoms. The van der Waals surface area contributed by atoms with E-state index in [1.807, 2.05) is 0 Å². The molecule has 0 saturated heterocycles. The molecular formula is C75H105O4P. The van der Waals surface area contributed by atoms with Gasteiger partial charge in [0, 0.05) is 0 Å². The Morgan fingerprint density at radius 3 is 0.550 bits per heavy atom. The first-order valence-corrected chi connectivity index (χ1v) is 33.9. The Morgan fingerprint density at radius 2 is 0.388 bits per heavy atom. The van der Waals surface area contributed by atoms with Crippen LogP contribution in [0, 0.1) is 0 Å². The fourth-order valence-corrected chi connectivity index (χ4v) is 14.4. The van der Waals surface area contributed by atoms with E-state index < -0.39 is 24.6 Å². The van der Waals surface area contributed by atoms with Crippen molar-refractivity contribution in [3.63, 3.8) is 0 Å². The third-order valence-corrected chi connectivity index (χ3v) is 18.5. The van der Waals surface area contributed by atoms with Crippen LogP contribution in [0.1, 0.15) is 266 Å². The van der Waals surface area contributed by atoms with Gasteiger partial charge >= 0.3 is 7.82 Å². The lowest BCUT2D eigenvalue weighted by Gasteiger charge is -2.45. The van der Waals surface area contributed by atoms with Gasteiger partial charge in [-0.3, -0.25) is 13.6 Å². The van der Waals surface area contributed by atoms with Crippen molar-refractivity contribution in [3.8, 4) is 0 Å². The summed E-state index contributed by atoms with van der Waals surface area (Å²) in [6.07, 6.45) is 38.1. The van der Waals surface area contributed by atoms with Gasteiger partial charge in [0.05, 0.1) is 0 Å². The Morgan fingerprint density at radius 1 is 0.237 bits per heavy atom. The van der Waals surface area contributed by atoms with Crippen LogP contribution < -0.4 is 0 Å². The predicted octanol–water partition coefficient (Wildman–Crippen LogP) is 23.9. The zero-order chi connectivity index (χ0) is 56.1. The largest absolute Gasteiger partial charge is 0.478 e. The molecule has 0 radical (unpaired) electrons. The molecule has 0 atom stereocenters. The molecule has 0 aliphatic heterocycles. The number of unbranched alkanes of at least 4 members (excludes halogenated alkanes) is 27. The molecule has 6 rings (SSSR count). The zero-order valence-electron chi connectivity index (χ0n) is 50.2. The van der Waals surface area contributed by atoms with Gasteiger partial charge in [-0.25, -0.2) is 4.57 Å². The molecule has 0 amide bonds. The predicted molar refractivity (Wildman–Crippen MR) is 341 cm³/mol. The minimum absolute atomic E-state index is 0.596. The second kappa shape index (κ2) is 37.5. The Kier molecular flexibility index (Phi) is 30.3. The van der Waals surface area contributed by atoms with Crippen molar-refractivity contribution < 1.29 is 18.1 Å². The highest BCUT2D eigenvalue weighted by Gasteiger charge is 2.54. The molecule has 0 aliphatic carbocycles. The van der Waals surface area contributed by atoms with Crippen molar-refractivity contribution in [3.05, 3.63) is 215 Å². The minimum Gasteiger partial charge on any atom is -0.270 e. The van der Waals surface area contributed by atoms with Crippen LogP contribution in [0.5, 0.6) is 0 Å². The fraction of sp³-hybridized carbons (Fsp3) is 0.520. The smallest absolute Gasteiger partial charge is 0.270 e. The van der Waals surface area contributed by atoms with Crippen molar-refractivity contribution >= 4 is 7.82 Å². The van der Waals surface area contributed by atoms with Crippen LogP contribution in [0.25, 0.3) is 0 Å². The summed E-state index contributed by atoms with van der Waals surface area (Å²) in [5.74, 6) is 0. The van der Waals surface area contributed by atoms with Crippen molar-refractivity contribution in [2.24, 2.45) is 0 Å². The Balaban J connectivity index is 1.50. The molecule has 0 N–H and O–H groups in total. The molecule has 0 saturated carbocycles. The first-order valence-electron chi connectivity index (χ1n) is 32.5. The van der Waals surface area contributed by atoms with Gasteiger partial charge in [0.2, 0.25) is 0 Å². The van der Waals surface area contributed by atoms with Gasteiger partial charge in [-0.1, -0.05) is 376 Å². The van der Waals surface area contributed by atoms with Crippen LogP contribution in [0.3, 0.4) is 0 Å². The summed E-state index contributed by atoms with van der Waals surface area (Å²) in [5.41, 5.74) is 2.02. The Labute approximate surface area is 488 Å².